The fraction of sp³-hybridized carbons (Fsp3) is 0.375. The number of nitrogens with one attached hydrogen (secondary N) is 1. The van der Waals surface area contributed by atoms with Crippen molar-refractivity contribution >= 4 is 23.3 Å². The smallest absolute Gasteiger partial charge is 0.226 e. The Kier molecular flexibility index (Phi) is 5.67. The number of anilines is 1. The van der Waals surface area contributed by atoms with Crippen molar-refractivity contribution in [3.05, 3.63) is 53.6 Å². The molecular weight excluding hydrogens is 396 g/mol. The van der Waals surface area contributed by atoms with Gasteiger partial charge < -0.3 is 19.7 Å². The number of ether oxygens (including phenoxy) is 2. The van der Waals surface area contributed by atoms with Gasteiger partial charge in [0.25, 0.3) is 0 Å². The summed E-state index contributed by atoms with van der Waals surface area (Å²) in [5.74, 6) is 1.21. The van der Waals surface area contributed by atoms with E-state index in [2.05, 4.69) is 5.32 Å². The van der Waals surface area contributed by atoms with Gasteiger partial charge in [0.2, 0.25) is 11.8 Å². The Morgan fingerprint density at radius 3 is 2.48 bits per heavy atom. The van der Waals surface area contributed by atoms with Gasteiger partial charge in [-0.2, -0.15) is 0 Å². The summed E-state index contributed by atoms with van der Waals surface area (Å²) in [6.45, 7) is 2.56. The number of fused-ring (bicyclic) bond motifs is 1. The summed E-state index contributed by atoms with van der Waals surface area (Å²) < 4.78 is 11.5. The number of carbonyl (C=O) groups is 3. The highest BCUT2D eigenvalue weighted by molar-refractivity contribution is 6.00. The van der Waals surface area contributed by atoms with Gasteiger partial charge in [-0.25, -0.2) is 0 Å². The summed E-state index contributed by atoms with van der Waals surface area (Å²) in [5.41, 5.74) is 1.63. The molecule has 2 aliphatic rings. The van der Waals surface area contributed by atoms with Gasteiger partial charge in [0.05, 0.1) is 25.5 Å². The van der Waals surface area contributed by atoms with E-state index in [1.165, 1.54) is 6.92 Å². The van der Waals surface area contributed by atoms with Crippen LogP contribution in [0.1, 0.15) is 42.1 Å². The summed E-state index contributed by atoms with van der Waals surface area (Å²) >= 11 is 0. The lowest BCUT2D eigenvalue weighted by atomic mass is 9.82. The number of amides is 2. The number of rotatable bonds is 4. The second kappa shape index (κ2) is 8.41. The molecule has 7 nitrogen and oxygen atoms in total. The SMILES string of the molecule is COc1ccc2c(c1)OC1(CCN(C(=O)Cc3ccc(NC(C)=O)cc3)CC1)CC2=O. The molecule has 1 saturated heterocycles. The van der Waals surface area contributed by atoms with Gasteiger partial charge in [-0.05, 0) is 29.8 Å². The number of benzene rings is 2. The third-order valence-corrected chi connectivity index (χ3v) is 5.96. The van der Waals surface area contributed by atoms with E-state index in [4.69, 9.17) is 9.47 Å². The predicted octanol–water partition coefficient (Wildman–Crippen LogP) is 3.22. The second-order valence-corrected chi connectivity index (χ2v) is 8.18. The number of ketones is 1. The molecule has 31 heavy (non-hydrogen) atoms. The van der Waals surface area contributed by atoms with Gasteiger partial charge >= 0.3 is 0 Å². The highest BCUT2D eigenvalue weighted by atomic mass is 16.5. The lowest BCUT2D eigenvalue weighted by Gasteiger charge is -2.44. The Morgan fingerprint density at radius 2 is 1.84 bits per heavy atom. The third-order valence-electron chi connectivity index (χ3n) is 5.96. The molecule has 1 fully saturated rings. The molecule has 0 atom stereocenters. The molecule has 2 aromatic rings. The van der Waals surface area contributed by atoms with E-state index in [9.17, 15) is 14.4 Å². The van der Waals surface area contributed by atoms with Crippen LogP contribution in [0.25, 0.3) is 0 Å². The normalized spacial score (nSPS) is 17.0. The van der Waals surface area contributed by atoms with Gasteiger partial charge in [0, 0.05) is 44.6 Å². The second-order valence-electron chi connectivity index (χ2n) is 8.18. The lowest BCUT2D eigenvalue weighted by molar-refractivity contribution is -0.134. The first-order valence-corrected chi connectivity index (χ1v) is 10.4. The largest absolute Gasteiger partial charge is 0.497 e. The first-order valence-electron chi connectivity index (χ1n) is 10.4. The third kappa shape index (κ3) is 4.55. The van der Waals surface area contributed by atoms with Gasteiger partial charge in [-0.3, -0.25) is 14.4 Å². The molecule has 0 radical (unpaired) electrons. The zero-order chi connectivity index (χ0) is 22.0. The lowest BCUT2D eigenvalue weighted by Crippen LogP contribution is -2.52. The quantitative estimate of drug-likeness (QED) is 0.818. The average Bonchev–Trinajstić information content (AvgIpc) is 2.74. The zero-order valence-corrected chi connectivity index (χ0v) is 17.8. The average molecular weight is 422 g/mol. The molecule has 0 saturated carbocycles. The van der Waals surface area contributed by atoms with E-state index in [-0.39, 0.29) is 17.6 Å². The van der Waals surface area contributed by atoms with Gasteiger partial charge in [-0.1, -0.05) is 12.1 Å². The topological polar surface area (TPSA) is 84.9 Å². The standard InChI is InChI=1S/C24H26N2O5/c1-16(27)25-18-5-3-17(4-6-18)13-23(29)26-11-9-24(10-12-26)15-21(28)20-8-7-19(30-2)14-22(20)31-24/h3-8,14H,9-13,15H2,1-2H3,(H,25,27). The molecule has 2 aliphatic heterocycles. The monoisotopic (exact) mass is 422 g/mol. The number of likely N-dealkylation sites (tertiary alicyclic amines) is 1. The Labute approximate surface area is 181 Å². The van der Waals surface area contributed by atoms with Gasteiger partial charge in [0.1, 0.15) is 17.1 Å². The summed E-state index contributed by atoms with van der Waals surface area (Å²) in [6.07, 6.45) is 1.86. The maximum atomic E-state index is 12.8. The molecule has 1 N–H and O–H groups in total. The van der Waals surface area contributed by atoms with Crippen LogP contribution in [0.3, 0.4) is 0 Å². The van der Waals surface area contributed by atoms with Crippen molar-refractivity contribution in [2.75, 3.05) is 25.5 Å². The summed E-state index contributed by atoms with van der Waals surface area (Å²) in [6, 6.07) is 12.6. The first kappa shape index (κ1) is 20.9. The van der Waals surface area contributed by atoms with Gasteiger partial charge in [-0.15, -0.1) is 0 Å². The molecular formula is C24H26N2O5. The fourth-order valence-electron chi connectivity index (χ4n) is 4.24. The summed E-state index contributed by atoms with van der Waals surface area (Å²) in [4.78, 5) is 38.4. The Bertz CT molecular complexity index is 1010. The van der Waals surface area contributed by atoms with Crippen LogP contribution >= 0.6 is 0 Å². The number of hydrogen-bond donors (Lipinski definition) is 1. The van der Waals surface area contributed by atoms with Crippen molar-refractivity contribution in [1.29, 1.82) is 0 Å². The minimum atomic E-state index is -0.562. The van der Waals surface area contributed by atoms with E-state index in [1.54, 1.807) is 37.4 Å². The minimum absolute atomic E-state index is 0.0475. The van der Waals surface area contributed by atoms with E-state index in [1.807, 2.05) is 17.0 Å². The number of hydrogen-bond acceptors (Lipinski definition) is 5. The van der Waals surface area contributed by atoms with Crippen LogP contribution < -0.4 is 14.8 Å². The zero-order valence-electron chi connectivity index (χ0n) is 17.8. The molecule has 162 valence electrons. The first-order chi connectivity index (χ1) is 14.9. The molecule has 0 unspecified atom stereocenters. The fourth-order valence-corrected chi connectivity index (χ4v) is 4.24. The van der Waals surface area contributed by atoms with Crippen LogP contribution in [-0.2, 0) is 16.0 Å². The number of piperidine rings is 1. The van der Waals surface area contributed by atoms with Crippen LogP contribution in [0.4, 0.5) is 5.69 Å². The van der Waals surface area contributed by atoms with Crippen molar-refractivity contribution in [3.8, 4) is 11.5 Å². The molecule has 2 aromatic carbocycles. The van der Waals surface area contributed by atoms with Crippen LogP contribution in [0.15, 0.2) is 42.5 Å². The van der Waals surface area contributed by atoms with E-state index in [0.717, 1.165) is 5.56 Å². The molecule has 0 aromatic heterocycles. The molecule has 7 heteroatoms. The summed E-state index contributed by atoms with van der Waals surface area (Å²) in [7, 11) is 1.58. The van der Waals surface area contributed by atoms with E-state index in [0.29, 0.717) is 61.5 Å². The number of methoxy groups -OCH3 is 1. The van der Waals surface area contributed by atoms with E-state index < -0.39 is 5.60 Å². The Hall–Kier alpha value is -3.35. The Balaban J connectivity index is 1.37. The minimum Gasteiger partial charge on any atom is -0.497 e. The number of Topliss-reactive ketones (excluding diaryl/α,β-unsaturated/α-hetero) is 1. The van der Waals surface area contributed by atoms with Crippen LogP contribution in [-0.4, -0.2) is 48.3 Å². The maximum Gasteiger partial charge on any atom is 0.226 e. The van der Waals surface area contributed by atoms with E-state index >= 15 is 0 Å². The molecule has 2 heterocycles. The number of nitrogens with zero attached hydrogens (tertiary/aromatic N) is 1. The van der Waals surface area contributed by atoms with Crippen LogP contribution in [0, 0.1) is 0 Å². The predicted molar refractivity (Wildman–Crippen MR) is 116 cm³/mol. The van der Waals surface area contributed by atoms with Gasteiger partial charge in [0.15, 0.2) is 5.78 Å². The van der Waals surface area contributed by atoms with Crippen molar-refractivity contribution in [1.82, 2.24) is 4.90 Å². The maximum absolute atomic E-state index is 12.8. The van der Waals surface area contributed by atoms with Crippen LogP contribution in [0.2, 0.25) is 0 Å². The highest BCUT2D eigenvalue weighted by Gasteiger charge is 2.43. The highest BCUT2D eigenvalue weighted by Crippen LogP contribution is 2.40. The number of carbonyl (C=O) groups excluding carboxylic acids is 3. The molecule has 4 rings (SSSR count). The summed E-state index contributed by atoms with van der Waals surface area (Å²) in [5, 5.41) is 2.72. The molecule has 2 amide bonds. The van der Waals surface area contributed by atoms with Crippen molar-refractivity contribution in [3.63, 3.8) is 0 Å². The van der Waals surface area contributed by atoms with Crippen molar-refractivity contribution in [2.24, 2.45) is 0 Å². The van der Waals surface area contributed by atoms with Crippen molar-refractivity contribution in [2.45, 2.75) is 38.2 Å². The van der Waals surface area contributed by atoms with Crippen molar-refractivity contribution < 1.29 is 23.9 Å². The molecule has 0 bridgehead atoms. The molecule has 1 spiro atoms. The molecule has 0 aliphatic carbocycles. The van der Waals surface area contributed by atoms with Crippen LogP contribution in [0.5, 0.6) is 11.5 Å². The Morgan fingerprint density at radius 1 is 1.13 bits per heavy atom.